The van der Waals surface area contributed by atoms with E-state index in [2.05, 4.69) is 15.5 Å². The van der Waals surface area contributed by atoms with Gasteiger partial charge in [0.2, 0.25) is 11.1 Å². The zero-order chi connectivity index (χ0) is 20.3. The minimum atomic E-state index is -4.59. The summed E-state index contributed by atoms with van der Waals surface area (Å²) in [7, 11) is 0. The molecule has 0 bridgehead atoms. The maximum atomic E-state index is 13.9. The lowest BCUT2D eigenvalue weighted by Gasteiger charge is -2.13. The molecular weight excluding hydrogens is 398 g/mol. The molecule has 3 rings (SSSR count). The molecular formula is C17H13F4N5OS. The molecule has 0 atom stereocenters. The van der Waals surface area contributed by atoms with Crippen LogP contribution in [0.15, 0.2) is 53.7 Å². The first-order valence-corrected chi connectivity index (χ1v) is 8.80. The molecule has 1 amide bonds. The van der Waals surface area contributed by atoms with Crippen LogP contribution < -0.4 is 11.2 Å². The van der Waals surface area contributed by atoms with Crippen LogP contribution in [0.4, 0.5) is 23.2 Å². The number of carbonyl (C=O) groups excluding carboxylic acids is 1. The van der Waals surface area contributed by atoms with E-state index in [0.717, 1.165) is 28.6 Å². The van der Waals surface area contributed by atoms with E-state index in [4.69, 9.17) is 5.84 Å². The molecule has 0 fully saturated rings. The zero-order valence-corrected chi connectivity index (χ0v) is 14.9. The van der Waals surface area contributed by atoms with E-state index >= 15 is 0 Å². The zero-order valence-electron chi connectivity index (χ0n) is 14.1. The van der Waals surface area contributed by atoms with Gasteiger partial charge < -0.3 is 11.2 Å². The third kappa shape index (κ3) is 4.25. The molecule has 2 aromatic carbocycles. The third-order valence-corrected chi connectivity index (χ3v) is 4.56. The Labute approximate surface area is 160 Å². The molecule has 0 saturated carbocycles. The van der Waals surface area contributed by atoms with E-state index < -0.39 is 23.5 Å². The monoisotopic (exact) mass is 411 g/mol. The Morgan fingerprint density at radius 3 is 2.50 bits per heavy atom. The highest BCUT2D eigenvalue weighted by Gasteiger charge is 2.33. The van der Waals surface area contributed by atoms with Crippen molar-refractivity contribution in [3.8, 4) is 11.4 Å². The van der Waals surface area contributed by atoms with Crippen molar-refractivity contribution in [2.24, 2.45) is 0 Å². The van der Waals surface area contributed by atoms with E-state index in [0.29, 0.717) is 0 Å². The number of alkyl halides is 3. The number of carbonyl (C=O) groups is 1. The fraction of sp³-hybridized carbons (Fsp3) is 0.118. The lowest BCUT2D eigenvalue weighted by Crippen LogP contribution is -2.19. The molecule has 0 radical (unpaired) electrons. The number of para-hydroxylation sites is 1. The Bertz CT molecular complexity index is 1010. The maximum Gasteiger partial charge on any atom is 0.418 e. The van der Waals surface area contributed by atoms with E-state index in [1.807, 2.05) is 0 Å². The number of nitrogens with zero attached hydrogens (tertiary/aromatic N) is 3. The molecule has 6 nitrogen and oxygen atoms in total. The predicted molar refractivity (Wildman–Crippen MR) is 96.4 cm³/mol. The van der Waals surface area contributed by atoms with Crippen molar-refractivity contribution in [1.82, 2.24) is 14.9 Å². The van der Waals surface area contributed by atoms with E-state index in [-0.39, 0.29) is 28.0 Å². The van der Waals surface area contributed by atoms with Gasteiger partial charge in [0.15, 0.2) is 5.82 Å². The summed E-state index contributed by atoms with van der Waals surface area (Å²) < 4.78 is 53.8. The van der Waals surface area contributed by atoms with Crippen LogP contribution in [0.1, 0.15) is 5.56 Å². The van der Waals surface area contributed by atoms with Gasteiger partial charge in [-0.15, -0.1) is 10.2 Å². The Hall–Kier alpha value is -3.08. The highest BCUT2D eigenvalue weighted by atomic mass is 32.2. The Morgan fingerprint density at radius 1 is 1.11 bits per heavy atom. The van der Waals surface area contributed by atoms with Gasteiger partial charge >= 0.3 is 6.18 Å². The number of rotatable bonds is 5. The van der Waals surface area contributed by atoms with Gasteiger partial charge in [-0.1, -0.05) is 36.0 Å². The average Bonchev–Trinajstić information content (AvgIpc) is 3.00. The van der Waals surface area contributed by atoms with E-state index in [1.165, 1.54) is 30.3 Å². The number of nitrogen functional groups attached to an aromatic ring is 1. The quantitative estimate of drug-likeness (QED) is 0.381. The summed E-state index contributed by atoms with van der Waals surface area (Å²) in [5.41, 5.74) is -1.16. The van der Waals surface area contributed by atoms with E-state index in [1.54, 1.807) is 6.07 Å². The summed E-state index contributed by atoms with van der Waals surface area (Å²) in [6.07, 6.45) is -4.59. The average molecular weight is 411 g/mol. The lowest BCUT2D eigenvalue weighted by atomic mass is 10.1. The van der Waals surface area contributed by atoms with Gasteiger partial charge in [0, 0.05) is 0 Å². The molecule has 1 aromatic heterocycles. The summed E-state index contributed by atoms with van der Waals surface area (Å²) in [4.78, 5) is 12.0. The summed E-state index contributed by atoms with van der Waals surface area (Å²) in [6, 6.07) is 10.5. The number of amides is 1. The van der Waals surface area contributed by atoms with Crippen LogP contribution in [-0.2, 0) is 11.0 Å². The number of halogens is 4. The van der Waals surface area contributed by atoms with Crippen LogP contribution in [0.25, 0.3) is 11.4 Å². The van der Waals surface area contributed by atoms with Crippen molar-refractivity contribution in [1.29, 1.82) is 0 Å². The fourth-order valence-corrected chi connectivity index (χ4v) is 3.01. The summed E-state index contributed by atoms with van der Waals surface area (Å²) >= 11 is 0.858. The molecule has 146 valence electrons. The van der Waals surface area contributed by atoms with Crippen molar-refractivity contribution < 1.29 is 22.4 Å². The van der Waals surface area contributed by atoms with Crippen molar-refractivity contribution in [2.75, 3.05) is 16.9 Å². The second-order valence-corrected chi connectivity index (χ2v) is 6.48. The molecule has 11 heteroatoms. The second-order valence-electron chi connectivity index (χ2n) is 5.54. The summed E-state index contributed by atoms with van der Waals surface area (Å²) in [6.45, 7) is 0. The second kappa shape index (κ2) is 7.89. The van der Waals surface area contributed by atoms with Gasteiger partial charge in [-0.3, -0.25) is 4.79 Å². The van der Waals surface area contributed by atoms with Crippen molar-refractivity contribution >= 4 is 23.4 Å². The number of anilines is 1. The normalized spacial score (nSPS) is 11.4. The number of nitrogens with one attached hydrogen (secondary N) is 1. The SMILES string of the molecule is Nn1c(SCC(=O)Nc2ccccc2C(F)(F)F)nnc1-c1ccccc1F. The number of nitrogens with two attached hydrogens (primary N) is 1. The molecule has 0 aliphatic heterocycles. The highest BCUT2D eigenvalue weighted by molar-refractivity contribution is 7.99. The first-order valence-electron chi connectivity index (χ1n) is 7.81. The van der Waals surface area contributed by atoms with Crippen LogP contribution in [0.5, 0.6) is 0 Å². The molecule has 0 aliphatic carbocycles. The molecule has 0 spiro atoms. The maximum absolute atomic E-state index is 13.9. The standard InChI is InChI=1S/C17H13F4N5OS/c18-12-7-3-1-5-10(12)15-24-25-16(26(15)22)28-9-14(27)23-13-8-4-2-6-11(13)17(19,20)21/h1-8H,9,22H2,(H,23,27). The molecule has 0 saturated heterocycles. The largest absolute Gasteiger partial charge is 0.418 e. The fourth-order valence-electron chi connectivity index (χ4n) is 2.36. The van der Waals surface area contributed by atoms with Crippen LogP contribution in [0, 0.1) is 5.82 Å². The third-order valence-electron chi connectivity index (χ3n) is 3.62. The van der Waals surface area contributed by atoms with Gasteiger partial charge in [0.25, 0.3) is 0 Å². The molecule has 0 aliphatic rings. The van der Waals surface area contributed by atoms with Crippen LogP contribution in [-0.4, -0.2) is 26.5 Å². The van der Waals surface area contributed by atoms with Crippen molar-refractivity contribution in [3.05, 3.63) is 59.9 Å². The van der Waals surface area contributed by atoms with Crippen molar-refractivity contribution in [3.63, 3.8) is 0 Å². The molecule has 1 heterocycles. The Morgan fingerprint density at radius 2 is 1.79 bits per heavy atom. The van der Waals surface area contributed by atoms with Gasteiger partial charge in [0.1, 0.15) is 5.82 Å². The topological polar surface area (TPSA) is 85.8 Å². The van der Waals surface area contributed by atoms with Gasteiger partial charge in [-0.25, -0.2) is 9.07 Å². The number of hydrogen-bond donors (Lipinski definition) is 2. The minimum absolute atomic E-state index is 0.0587. The van der Waals surface area contributed by atoms with Crippen molar-refractivity contribution in [2.45, 2.75) is 11.3 Å². The van der Waals surface area contributed by atoms with Crippen LogP contribution in [0.2, 0.25) is 0 Å². The molecule has 3 aromatic rings. The van der Waals surface area contributed by atoms with Crippen LogP contribution in [0.3, 0.4) is 0 Å². The van der Waals surface area contributed by atoms with Gasteiger partial charge in [-0.05, 0) is 24.3 Å². The van der Waals surface area contributed by atoms with Gasteiger partial charge in [0.05, 0.1) is 22.6 Å². The molecule has 0 unspecified atom stereocenters. The predicted octanol–water partition coefficient (Wildman–Crippen LogP) is 3.55. The highest BCUT2D eigenvalue weighted by Crippen LogP contribution is 2.34. The minimum Gasteiger partial charge on any atom is -0.335 e. The van der Waals surface area contributed by atoms with Crippen LogP contribution >= 0.6 is 11.8 Å². The summed E-state index contributed by atoms with van der Waals surface area (Å²) in [5.74, 6) is 4.42. The first-order chi connectivity index (χ1) is 13.3. The smallest absolute Gasteiger partial charge is 0.335 e. The number of aromatic nitrogens is 3. The Balaban J connectivity index is 1.69. The number of thioether (sulfide) groups is 1. The lowest BCUT2D eigenvalue weighted by molar-refractivity contribution is -0.137. The molecule has 3 N–H and O–H groups in total. The Kier molecular flexibility index (Phi) is 5.54. The number of hydrogen-bond acceptors (Lipinski definition) is 5. The van der Waals surface area contributed by atoms with E-state index in [9.17, 15) is 22.4 Å². The first kappa shape index (κ1) is 19.7. The van der Waals surface area contributed by atoms with Gasteiger partial charge in [-0.2, -0.15) is 13.2 Å². The number of benzene rings is 2. The summed E-state index contributed by atoms with van der Waals surface area (Å²) in [5, 5.41) is 9.92. The molecule has 28 heavy (non-hydrogen) atoms.